The van der Waals surface area contributed by atoms with Crippen molar-refractivity contribution in [3.8, 4) is 0 Å². The molecule has 0 saturated heterocycles. The third-order valence-corrected chi connectivity index (χ3v) is 2.19. The van der Waals surface area contributed by atoms with E-state index < -0.39 is 0 Å². The Hall–Kier alpha value is -1.49. The van der Waals surface area contributed by atoms with Gasteiger partial charge in [-0.2, -0.15) is 0 Å². The molecule has 76 valence electrons. The van der Waals surface area contributed by atoms with Crippen molar-refractivity contribution in [1.82, 2.24) is 15.0 Å². The molecule has 0 radical (unpaired) electrons. The zero-order valence-electron chi connectivity index (χ0n) is 8.11. The maximum atomic E-state index is 4.22. The zero-order valence-corrected chi connectivity index (χ0v) is 9.69. The quantitative estimate of drug-likeness (QED) is 0.848. The summed E-state index contributed by atoms with van der Waals surface area (Å²) >= 11 is 3.30. The van der Waals surface area contributed by atoms with Gasteiger partial charge in [0.15, 0.2) is 0 Å². The Morgan fingerprint density at radius 1 is 1.20 bits per heavy atom. The molecule has 15 heavy (non-hydrogen) atoms. The molecule has 2 aromatic rings. The van der Waals surface area contributed by atoms with Crippen LogP contribution in [-0.4, -0.2) is 15.0 Å². The minimum atomic E-state index is 0.556. The maximum absolute atomic E-state index is 4.22. The lowest BCUT2D eigenvalue weighted by Crippen LogP contribution is -1.99. The van der Waals surface area contributed by atoms with Gasteiger partial charge in [-0.1, -0.05) is 6.07 Å². The molecule has 4 nitrogen and oxygen atoms in total. The molecule has 1 N–H and O–H groups in total. The van der Waals surface area contributed by atoms with E-state index in [2.05, 4.69) is 36.2 Å². The number of aromatic nitrogens is 3. The topological polar surface area (TPSA) is 50.7 Å². The first-order valence-electron chi connectivity index (χ1n) is 4.43. The third kappa shape index (κ3) is 2.73. The van der Waals surface area contributed by atoms with Crippen molar-refractivity contribution >= 4 is 27.7 Å². The van der Waals surface area contributed by atoms with Crippen molar-refractivity contribution in [3.05, 3.63) is 40.8 Å². The van der Waals surface area contributed by atoms with E-state index in [9.17, 15) is 0 Å². The SMILES string of the molecule is Cc1ccnc(Nc2cccc(Br)n2)n1. The van der Waals surface area contributed by atoms with Crippen LogP contribution in [0.1, 0.15) is 5.69 Å². The first-order chi connectivity index (χ1) is 7.24. The molecular formula is C10H9BrN4. The lowest BCUT2D eigenvalue weighted by Gasteiger charge is -2.03. The smallest absolute Gasteiger partial charge is 0.228 e. The molecule has 0 spiro atoms. The van der Waals surface area contributed by atoms with Crippen LogP contribution in [0.5, 0.6) is 0 Å². The van der Waals surface area contributed by atoms with Crippen LogP contribution in [-0.2, 0) is 0 Å². The molecule has 5 heteroatoms. The minimum Gasteiger partial charge on any atom is -0.309 e. The fourth-order valence-electron chi connectivity index (χ4n) is 1.10. The van der Waals surface area contributed by atoms with Gasteiger partial charge < -0.3 is 5.32 Å². The van der Waals surface area contributed by atoms with E-state index in [-0.39, 0.29) is 0 Å². The van der Waals surface area contributed by atoms with E-state index in [1.165, 1.54) is 0 Å². The highest BCUT2D eigenvalue weighted by atomic mass is 79.9. The average Bonchev–Trinajstić information content (AvgIpc) is 2.17. The van der Waals surface area contributed by atoms with E-state index in [1.54, 1.807) is 6.20 Å². The predicted molar refractivity (Wildman–Crippen MR) is 62.0 cm³/mol. The molecule has 0 aromatic carbocycles. The van der Waals surface area contributed by atoms with Gasteiger partial charge in [-0.15, -0.1) is 0 Å². The number of hydrogen-bond acceptors (Lipinski definition) is 4. The first-order valence-corrected chi connectivity index (χ1v) is 5.22. The first kappa shape index (κ1) is 10.0. The summed E-state index contributed by atoms with van der Waals surface area (Å²) in [6.45, 7) is 1.92. The summed E-state index contributed by atoms with van der Waals surface area (Å²) < 4.78 is 0.778. The Morgan fingerprint density at radius 2 is 2.07 bits per heavy atom. The molecule has 2 rings (SSSR count). The van der Waals surface area contributed by atoms with Crippen LogP contribution in [0.25, 0.3) is 0 Å². The number of aryl methyl sites for hydroxylation is 1. The molecule has 0 aliphatic heterocycles. The van der Waals surface area contributed by atoms with Crippen molar-refractivity contribution in [1.29, 1.82) is 0 Å². The summed E-state index contributed by atoms with van der Waals surface area (Å²) in [7, 11) is 0. The van der Waals surface area contributed by atoms with E-state index in [4.69, 9.17) is 0 Å². The molecule has 0 aliphatic carbocycles. The summed E-state index contributed by atoms with van der Waals surface area (Å²) in [4.78, 5) is 12.5. The van der Waals surface area contributed by atoms with E-state index in [0.29, 0.717) is 5.95 Å². The number of nitrogens with one attached hydrogen (secondary N) is 1. The fraction of sp³-hybridized carbons (Fsp3) is 0.100. The van der Waals surface area contributed by atoms with E-state index in [1.807, 2.05) is 31.2 Å². The fourth-order valence-corrected chi connectivity index (χ4v) is 1.45. The molecule has 0 unspecified atom stereocenters. The van der Waals surface area contributed by atoms with Gasteiger partial charge >= 0.3 is 0 Å². The number of halogens is 1. The number of hydrogen-bond donors (Lipinski definition) is 1. The van der Waals surface area contributed by atoms with Gasteiger partial charge in [0.2, 0.25) is 5.95 Å². The standard InChI is InChI=1S/C10H9BrN4/c1-7-5-6-12-10(13-7)15-9-4-2-3-8(11)14-9/h2-6H,1H3,(H,12,13,14,15). The van der Waals surface area contributed by atoms with Crippen LogP contribution < -0.4 is 5.32 Å². The maximum Gasteiger partial charge on any atom is 0.228 e. The van der Waals surface area contributed by atoms with Crippen LogP contribution >= 0.6 is 15.9 Å². The minimum absolute atomic E-state index is 0.556. The van der Waals surface area contributed by atoms with Crippen molar-refractivity contribution in [2.45, 2.75) is 6.92 Å². The summed E-state index contributed by atoms with van der Waals surface area (Å²) in [5, 5.41) is 3.02. The summed E-state index contributed by atoms with van der Waals surface area (Å²) in [6, 6.07) is 7.47. The average molecular weight is 265 g/mol. The Labute approximate surface area is 95.9 Å². The Kier molecular flexibility index (Phi) is 2.91. The summed E-state index contributed by atoms with van der Waals surface area (Å²) in [5.41, 5.74) is 0.919. The van der Waals surface area contributed by atoms with Crippen LogP contribution in [0.2, 0.25) is 0 Å². The van der Waals surface area contributed by atoms with E-state index >= 15 is 0 Å². The van der Waals surface area contributed by atoms with Crippen LogP contribution in [0.15, 0.2) is 35.1 Å². The molecule has 0 fully saturated rings. The van der Waals surface area contributed by atoms with Gasteiger partial charge in [-0.05, 0) is 41.1 Å². The van der Waals surface area contributed by atoms with Crippen LogP contribution in [0.4, 0.5) is 11.8 Å². The predicted octanol–water partition coefficient (Wildman–Crippen LogP) is 2.69. The Morgan fingerprint density at radius 3 is 2.80 bits per heavy atom. The molecule has 0 atom stereocenters. The second-order valence-electron chi connectivity index (χ2n) is 2.99. The lowest BCUT2D eigenvalue weighted by atomic mass is 10.4. The van der Waals surface area contributed by atoms with Crippen LogP contribution in [0.3, 0.4) is 0 Å². The molecule has 2 heterocycles. The summed E-state index contributed by atoms with van der Waals surface area (Å²) in [5.74, 6) is 1.27. The molecule has 0 aliphatic rings. The van der Waals surface area contributed by atoms with Crippen molar-refractivity contribution in [2.75, 3.05) is 5.32 Å². The number of pyridine rings is 1. The number of nitrogens with zero attached hydrogens (tertiary/aromatic N) is 3. The Bertz CT molecular complexity index is 429. The zero-order chi connectivity index (χ0) is 10.7. The number of rotatable bonds is 2. The Balaban J connectivity index is 2.22. The second kappa shape index (κ2) is 4.35. The lowest BCUT2D eigenvalue weighted by molar-refractivity contribution is 1.09. The largest absolute Gasteiger partial charge is 0.309 e. The number of anilines is 2. The molecule has 0 saturated carbocycles. The van der Waals surface area contributed by atoms with Gasteiger partial charge in [0.05, 0.1) is 0 Å². The summed E-state index contributed by atoms with van der Waals surface area (Å²) in [6.07, 6.45) is 1.71. The highest BCUT2D eigenvalue weighted by Crippen LogP contribution is 2.13. The van der Waals surface area contributed by atoms with Gasteiger partial charge in [0.25, 0.3) is 0 Å². The molecule has 2 aromatic heterocycles. The van der Waals surface area contributed by atoms with Crippen molar-refractivity contribution in [2.24, 2.45) is 0 Å². The van der Waals surface area contributed by atoms with Gasteiger partial charge in [0.1, 0.15) is 10.4 Å². The third-order valence-electron chi connectivity index (χ3n) is 1.75. The van der Waals surface area contributed by atoms with E-state index in [0.717, 1.165) is 16.1 Å². The second-order valence-corrected chi connectivity index (χ2v) is 3.80. The van der Waals surface area contributed by atoms with Gasteiger partial charge in [0, 0.05) is 11.9 Å². The molecule has 0 bridgehead atoms. The van der Waals surface area contributed by atoms with Crippen LogP contribution in [0, 0.1) is 6.92 Å². The monoisotopic (exact) mass is 264 g/mol. The van der Waals surface area contributed by atoms with Crippen molar-refractivity contribution in [3.63, 3.8) is 0 Å². The normalized spacial score (nSPS) is 10.0. The highest BCUT2D eigenvalue weighted by Gasteiger charge is 1.98. The van der Waals surface area contributed by atoms with Crippen molar-refractivity contribution < 1.29 is 0 Å². The van der Waals surface area contributed by atoms with Gasteiger partial charge in [-0.3, -0.25) is 0 Å². The van der Waals surface area contributed by atoms with Gasteiger partial charge in [-0.25, -0.2) is 15.0 Å². The molecule has 0 amide bonds. The molecular weight excluding hydrogens is 256 g/mol. The highest BCUT2D eigenvalue weighted by molar-refractivity contribution is 9.10.